The molecule has 2 fully saturated rings. The van der Waals surface area contributed by atoms with Crippen LogP contribution in [0.2, 0.25) is 0 Å². The van der Waals surface area contributed by atoms with Crippen molar-refractivity contribution in [2.45, 2.75) is 45.6 Å². The summed E-state index contributed by atoms with van der Waals surface area (Å²) in [7, 11) is 1.94. The van der Waals surface area contributed by atoms with Crippen LogP contribution in [0.5, 0.6) is 0 Å². The van der Waals surface area contributed by atoms with Crippen LogP contribution in [0.4, 0.5) is 0 Å². The van der Waals surface area contributed by atoms with E-state index in [4.69, 9.17) is 0 Å². The second kappa shape index (κ2) is 5.72. The lowest BCUT2D eigenvalue weighted by Crippen LogP contribution is -2.40. The van der Waals surface area contributed by atoms with Crippen molar-refractivity contribution >= 4 is 5.91 Å². The maximum absolute atomic E-state index is 13.0. The Morgan fingerprint density at radius 1 is 1.21 bits per heavy atom. The Kier molecular flexibility index (Phi) is 3.66. The van der Waals surface area contributed by atoms with Crippen LogP contribution in [0.3, 0.4) is 0 Å². The number of carbonyl (C=O) groups is 1. The molecule has 126 valence electrons. The van der Waals surface area contributed by atoms with Gasteiger partial charge in [0.2, 0.25) is 0 Å². The van der Waals surface area contributed by atoms with Crippen LogP contribution in [-0.2, 0) is 0 Å². The van der Waals surface area contributed by atoms with Crippen LogP contribution in [0, 0.1) is 25.7 Å². The fourth-order valence-corrected chi connectivity index (χ4v) is 3.73. The quantitative estimate of drug-likeness (QED) is 0.849. The number of hydrogen-bond donors (Lipinski definition) is 0. The fourth-order valence-electron chi connectivity index (χ4n) is 3.73. The summed E-state index contributed by atoms with van der Waals surface area (Å²) >= 11 is 0. The van der Waals surface area contributed by atoms with Crippen molar-refractivity contribution in [3.8, 4) is 5.69 Å². The van der Waals surface area contributed by atoms with Gasteiger partial charge in [-0.1, -0.05) is 17.3 Å². The van der Waals surface area contributed by atoms with Gasteiger partial charge < -0.3 is 4.90 Å². The molecular formula is C19H24N4O. The van der Waals surface area contributed by atoms with E-state index in [0.29, 0.717) is 23.6 Å². The zero-order chi connectivity index (χ0) is 16.8. The largest absolute Gasteiger partial charge is 0.337 e. The lowest BCUT2D eigenvalue weighted by atomic mass is 10.1. The van der Waals surface area contributed by atoms with Crippen LogP contribution in [0.25, 0.3) is 5.69 Å². The molecular weight excluding hydrogens is 300 g/mol. The van der Waals surface area contributed by atoms with Gasteiger partial charge in [-0.25, -0.2) is 4.68 Å². The number of nitrogens with zero attached hydrogens (tertiary/aromatic N) is 4. The molecule has 4 rings (SSSR count). The Balaban J connectivity index is 1.61. The molecule has 0 N–H and O–H groups in total. The highest BCUT2D eigenvalue weighted by Gasteiger charge is 2.45. The summed E-state index contributed by atoms with van der Waals surface area (Å²) in [6, 6.07) is 8.47. The second-order valence-corrected chi connectivity index (χ2v) is 7.36. The number of carbonyl (C=O) groups excluding carboxylic acids is 1. The molecule has 2 saturated carbocycles. The van der Waals surface area contributed by atoms with E-state index in [0.717, 1.165) is 16.9 Å². The molecule has 24 heavy (non-hydrogen) atoms. The molecule has 5 nitrogen and oxygen atoms in total. The second-order valence-electron chi connectivity index (χ2n) is 7.36. The highest BCUT2D eigenvalue weighted by Crippen LogP contribution is 2.47. The molecule has 2 aliphatic carbocycles. The third kappa shape index (κ3) is 2.72. The zero-order valence-electron chi connectivity index (χ0n) is 14.6. The smallest absolute Gasteiger partial charge is 0.276 e. The van der Waals surface area contributed by atoms with Crippen molar-refractivity contribution in [3.63, 3.8) is 0 Å². The van der Waals surface area contributed by atoms with E-state index < -0.39 is 0 Å². The van der Waals surface area contributed by atoms with E-state index in [1.807, 2.05) is 44.0 Å². The van der Waals surface area contributed by atoms with Crippen LogP contribution in [-0.4, -0.2) is 38.9 Å². The number of amides is 1. The van der Waals surface area contributed by atoms with E-state index in [9.17, 15) is 4.79 Å². The Morgan fingerprint density at radius 3 is 2.46 bits per heavy atom. The van der Waals surface area contributed by atoms with Crippen molar-refractivity contribution in [1.82, 2.24) is 19.9 Å². The van der Waals surface area contributed by atoms with Gasteiger partial charge in [0.25, 0.3) is 5.91 Å². The van der Waals surface area contributed by atoms with E-state index in [2.05, 4.69) is 16.4 Å². The van der Waals surface area contributed by atoms with Gasteiger partial charge in [0.05, 0.1) is 11.4 Å². The minimum Gasteiger partial charge on any atom is -0.337 e. The summed E-state index contributed by atoms with van der Waals surface area (Å²) in [5.74, 6) is 1.40. The van der Waals surface area contributed by atoms with E-state index in [1.165, 1.54) is 25.7 Å². The summed E-state index contributed by atoms with van der Waals surface area (Å²) in [5, 5.41) is 8.44. The van der Waals surface area contributed by atoms with Crippen LogP contribution >= 0.6 is 0 Å². The van der Waals surface area contributed by atoms with Gasteiger partial charge in [0.15, 0.2) is 5.69 Å². The Morgan fingerprint density at radius 2 is 1.88 bits per heavy atom. The summed E-state index contributed by atoms with van der Waals surface area (Å²) in [6.07, 6.45) is 5.03. The number of benzene rings is 1. The average molecular weight is 324 g/mol. The molecule has 0 aliphatic heterocycles. The van der Waals surface area contributed by atoms with Gasteiger partial charge in [-0.15, -0.1) is 5.10 Å². The SMILES string of the molecule is Cc1cccc(-n2nnc(C(=O)N(C)C(C3CC3)C3CC3)c2C)c1. The van der Waals surface area contributed by atoms with Crippen molar-refractivity contribution in [2.24, 2.45) is 11.8 Å². The predicted octanol–water partition coefficient (Wildman–Crippen LogP) is 3.14. The minimum atomic E-state index is 0.00945. The summed E-state index contributed by atoms with van der Waals surface area (Å²) in [5.41, 5.74) is 3.39. The number of hydrogen-bond acceptors (Lipinski definition) is 3. The molecule has 0 radical (unpaired) electrons. The van der Waals surface area contributed by atoms with Crippen molar-refractivity contribution in [1.29, 1.82) is 0 Å². The molecule has 1 aromatic carbocycles. The van der Waals surface area contributed by atoms with Gasteiger partial charge >= 0.3 is 0 Å². The first kappa shape index (κ1) is 15.4. The first-order valence-electron chi connectivity index (χ1n) is 8.82. The van der Waals surface area contributed by atoms with Crippen molar-refractivity contribution < 1.29 is 4.79 Å². The summed E-state index contributed by atoms with van der Waals surface area (Å²) < 4.78 is 1.76. The van der Waals surface area contributed by atoms with Crippen molar-refractivity contribution in [2.75, 3.05) is 7.05 Å². The van der Waals surface area contributed by atoms with E-state index in [1.54, 1.807) is 4.68 Å². The number of rotatable bonds is 5. The molecule has 0 saturated heterocycles. The number of aromatic nitrogens is 3. The average Bonchev–Trinajstić information content (AvgIpc) is 3.48. The van der Waals surface area contributed by atoms with Gasteiger partial charge in [0.1, 0.15) is 0 Å². The molecule has 5 heteroatoms. The standard InChI is InChI=1S/C19H24N4O/c1-12-5-4-6-16(11-12)23-13(2)17(20-21-23)19(24)22(3)18(14-7-8-14)15-9-10-15/h4-6,11,14-15,18H,7-10H2,1-3H3. The maximum Gasteiger partial charge on any atom is 0.276 e. The molecule has 0 atom stereocenters. The molecule has 0 bridgehead atoms. The highest BCUT2D eigenvalue weighted by atomic mass is 16.2. The summed E-state index contributed by atoms with van der Waals surface area (Å²) in [4.78, 5) is 14.9. The molecule has 0 unspecified atom stereocenters. The van der Waals surface area contributed by atoms with Gasteiger partial charge in [0, 0.05) is 13.1 Å². The van der Waals surface area contributed by atoms with Gasteiger partial charge in [-0.2, -0.15) is 0 Å². The third-order valence-corrected chi connectivity index (χ3v) is 5.32. The molecule has 1 aromatic heterocycles. The molecule has 2 aliphatic rings. The monoisotopic (exact) mass is 324 g/mol. The topological polar surface area (TPSA) is 51.0 Å². The third-order valence-electron chi connectivity index (χ3n) is 5.32. The highest BCUT2D eigenvalue weighted by molar-refractivity contribution is 5.93. The fraction of sp³-hybridized carbons (Fsp3) is 0.526. The Bertz CT molecular complexity index is 761. The molecule has 2 aromatic rings. The maximum atomic E-state index is 13.0. The predicted molar refractivity (Wildman–Crippen MR) is 92.2 cm³/mol. The minimum absolute atomic E-state index is 0.00945. The van der Waals surface area contributed by atoms with Crippen LogP contribution < -0.4 is 0 Å². The normalized spacial score (nSPS) is 17.3. The first-order chi connectivity index (χ1) is 11.6. The Labute approximate surface area is 142 Å². The van der Waals surface area contributed by atoms with Crippen LogP contribution in [0.15, 0.2) is 24.3 Å². The lowest BCUT2D eigenvalue weighted by Gasteiger charge is -2.28. The van der Waals surface area contributed by atoms with Gasteiger partial charge in [-0.05, 0) is 69.1 Å². The molecule has 1 amide bonds. The Hall–Kier alpha value is -2.17. The molecule has 1 heterocycles. The van der Waals surface area contributed by atoms with Crippen molar-refractivity contribution in [3.05, 3.63) is 41.2 Å². The van der Waals surface area contributed by atoms with E-state index in [-0.39, 0.29) is 5.91 Å². The van der Waals surface area contributed by atoms with E-state index >= 15 is 0 Å². The summed E-state index contributed by atoms with van der Waals surface area (Å²) in [6.45, 7) is 3.97. The number of aryl methyl sites for hydroxylation is 1. The molecule has 0 spiro atoms. The van der Waals surface area contributed by atoms with Gasteiger partial charge in [-0.3, -0.25) is 4.79 Å². The van der Waals surface area contributed by atoms with Crippen LogP contribution in [0.1, 0.15) is 47.4 Å². The first-order valence-corrected chi connectivity index (χ1v) is 8.82. The zero-order valence-corrected chi connectivity index (χ0v) is 14.6. The lowest BCUT2D eigenvalue weighted by molar-refractivity contribution is 0.0683.